The van der Waals surface area contributed by atoms with Crippen molar-refractivity contribution in [3.8, 4) is 5.75 Å². The molecule has 0 aliphatic rings. The van der Waals surface area contributed by atoms with Gasteiger partial charge in [-0.15, -0.1) is 0 Å². The molecule has 0 aliphatic carbocycles. The topological polar surface area (TPSA) is 26.3 Å². The van der Waals surface area contributed by atoms with Crippen molar-refractivity contribution in [2.75, 3.05) is 6.61 Å². The summed E-state index contributed by atoms with van der Waals surface area (Å²) in [6.07, 6.45) is 1.57. The summed E-state index contributed by atoms with van der Waals surface area (Å²) in [7, 11) is 0. The van der Waals surface area contributed by atoms with Crippen LogP contribution in [0.1, 0.15) is 45.1 Å². The first-order chi connectivity index (χ1) is 7.65. The van der Waals surface area contributed by atoms with Gasteiger partial charge in [0.1, 0.15) is 11.5 Å². The largest absolute Gasteiger partial charge is 0.493 e. The molecule has 1 atom stereocenters. The third-order valence-electron chi connectivity index (χ3n) is 2.77. The highest BCUT2D eigenvalue weighted by Crippen LogP contribution is 2.28. The van der Waals surface area contributed by atoms with E-state index in [-0.39, 0.29) is 5.78 Å². The van der Waals surface area contributed by atoms with Gasteiger partial charge in [0.15, 0.2) is 0 Å². The maximum atomic E-state index is 10.8. The van der Waals surface area contributed by atoms with Gasteiger partial charge >= 0.3 is 0 Å². The number of Topliss-reactive ketones (excluding diaryl/α,β-unsaturated/α-hetero) is 1. The molecular formula is C14H20O2. The van der Waals surface area contributed by atoms with Crippen molar-refractivity contribution >= 4 is 5.78 Å². The van der Waals surface area contributed by atoms with Gasteiger partial charge in [-0.25, -0.2) is 0 Å². The summed E-state index contributed by atoms with van der Waals surface area (Å²) in [5, 5.41) is 0. The molecule has 0 aromatic heterocycles. The molecule has 1 aromatic carbocycles. The molecule has 0 heterocycles. The molecule has 1 aromatic rings. The van der Waals surface area contributed by atoms with Crippen molar-refractivity contribution in [1.29, 1.82) is 0 Å². The molecular weight excluding hydrogens is 200 g/mol. The summed E-state index contributed by atoms with van der Waals surface area (Å²) in [5.74, 6) is 1.58. The zero-order valence-corrected chi connectivity index (χ0v) is 10.3. The van der Waals surface area contributed by atoms with Gasteiger partial charge in [-0.3, -0.25) is 4.79 Å². The second kappa shape index (κ2) is 6.31. The lowest BCUT2D eigenvalue weighted by Crippen LogP contribution is -2.05. The van der Waals surface area contributed by atoms with Crippen LogP contribution in [0.2, 0.25) is 0 Å². The van der Waals surface area contributed by atoms with Gasteiger partial charge in [-0.2, -0.15) is 0 Å². The number of carbonyl (C=O) groups excluding carboxylic acids is 1. The van der Waals surface area contributed by atoms with Gasteiger partial charge in [0.25, 0.3) is 0 Å². The zero-order chi connectivity index (χ0) is 12.0. The molecule has 1 rings (SSSR count). The van der Waals surface area contributed by atoms with E-state index in [4.69, 9.17) is 4.74 Å². The third-order valence-corrected chi connectivity index (χ3v) is 2.77. The fraction of sp³-hybridized carbons (Fsp3) is 0.500. The summed E-state index contributed by atoms with van der Waals surface area (Å²) in [6, 6.07) is 8.06. The fourth-order valence-electron chi connectivity index (χ4n) is 1.54. The highest BCUT2D eigenvalue weighted by Gasteiger charge is 2.09. The molecule has 0 bridgehead atoms. The quantitative estimate of drug-likeness (QED) is 0.732. The minimum absolute atomic E-state index is 0.168. The summed E-state index contributed by atoms with van der Waals surface area (Å²) >= 11 is 0. The van der Waals surface area contributed by atoms with Crippen LogP contribution in [-0.2, 0) is 4.79 Å². The fourth-order valence-corrected chi connectivity index (χ4v) is 1.54. The highest BCUT2D eigenvalue weighted by molar-refractivity contribution is 5.75. The Kier molecular flexibility index (Phi) is 5.03. The van der Waals surface area contributed by atoms with Crippen molar-refractivity contribution in [3.63, 3.8) is 0 Å². The van der Waals surface area contributed by atoms with E-state index >= 15 is 0 Å². The molecule has 88 valence electrons. The third kappa shape index (κ3) is 3.69. The number of hydrogen-bond donors (Lipinski definition) is 0. The van der Waals surface area contributed by atoms with Crippen LogP contribution in [0.15, 0.2) is 24.3 Å². The second-order valence-corrected chi connectivity index (χ2v) is 4.15. The molecule has 16 heavy (non-hydrogen) atoms. The van der Waals surface area contributed by atoms with Crippen LogP contribution < -0.4 is 4.74 Å². The predicted octanol–water partition coefficient (Wildman–Crippen LogP) is 3.56. The van der Waals surface area contributed by atoms with Gasteiger partial charge in [-0.05, 0) is 30.9 Å². The molecule has 0 N–H and O–H groups in total. The first-order valence-corrected chi connectivity index (χ1v) is 5.86. The van der Waals surface area contributed by atoms with E-state index in [1.807, 2.05) is 18.2 Å². The van der Waals surface area contributed by atoms with E-state index in [1.165, 1.54) is 5.56 Å². The molecule has 0 spiro atoms. The zero-order valence-electron chi connectivity index (χ0n) is 10.3. The van der Waals surface area contributed by atoms with E-state index < -0.39 is 0 Å². The smallest absolute Gasteiger partial charge is 0.133 e. The van der Waals surface area contributed by atoms with Gasteiger partial charge < -0.3 is 4.74 Å². The van der Waals surface area contributed by atoms with Gasteiger partial charge in [0.05, 0.1) is 6.61 Å². The Hall–Kier alpha value is -1.31. The maximum absolute atomic E-state index is 10.8. The maximum Gasteiger partial charge on any atom is 0.133 e. The molecule has 2 heteroatoms. The van der Waals surface area contributed by atoms with E-state index in [0.717, 1.165) is 12.2 Å². The average Bonchev–Trinajstić information content (AvgIpc) is 2.28. The second-order valence-electron chi connectivity index (χ2n) is 4.15. The summed E-state index contributed by atoms with van der Waals surface area (Å²) < 4.78 is 5.65. The van der Waals surface area contributed by atoms with Crippen molar-refractivity contribution in [2.45, 2.75) is 39.5 Å². The first-order valence-electron chi connectivity index (χ1n) is 5.86. The molecule has 0 aliphatic heterocycles. The Morgan fingerprint density at radius 1 is 1.38 bits per heavy atom. The molecule has 1 unspecified atom stereocenters. The van der Waals surface area contributed by atoms with Crippen LogP contribution in [0.5, 0.6) is 5.75 Å². The van der Waals surface area contributed by atoms with Gasteiger partial charge in [0.2, 0.25) is 0 Å². The van der Waals surface area contributed by atoms with Crippen molar-refractivity contribution in [1.82, 2.24) is 0 Å². The lowest BCUT2D eigenvalue weighted by atomic mass is 9.98. The Balaban J connectivity index is 2.67. The summed E-state index contributed by atoms with van der Waals surface area (Å²) in [5.41, 5.74) is 1.23. The van der Waals surface area contributed by atoms with Crippen molar-refractivity contribution in [3.05, 3.63) is 29.8 Å². The first kappa shape index (κ1) is 12.8. The molecule has 0 saturated heterocycles. The van der Waals surface area contributed by atoms with Gasteiger partial charge in [-0.1, -0.05) is 32.0 Å². The normalized spacial score (nSPS) is 12.2. The van der Waals surface area contributed by atoms with Crippen LogP contribution in [-0.4, -0.2) is 12.4 Å². The number of benzene rings is 1. The lowest BCUT2D eigenvalue weighted by Gasteiger charge is -2.15. The highest BCUT2D eigenvalue weighted by atomic mass is 16.5. The van der Waals surface area contributed by atoms with E-state index in [1.54, 1.807) is 6.92 Å². The minimum Gasteiger partial charge on any atom is -0.493 e. The summed E-state index contributed by atoms with van der Waals surface area (Å²) in [6.45, 7) is 6.41. The molecule has 0 saturated carbocycles. The van der Waals surface area contributed by atoms with Crippen LogP contribution in [0.3, 0.4) is 0 Å². The number of ketones is 1. The Labute approximate surface area is 97.6 Å². The number of para-hydroxylation sites is 1. The monoisotopic (exact) mass is 220 g/mol. The number of hydrogen-bond acceptors (Lipinski definition) is 2. The standard InChI is InChI=1S/C14H20O2/c1-4-11(2)13-7-5-6-8-14(13)16-10-9-12(3)15/h5-8,11H,4,9-10H2,1-3H3. The van der Waals surface area contributed by atoms with E-state index in [2.05, 4.69) is 19.9 Å². The molecule has 0 amide bonds. The molecule has 2 nitrogen and oxygen atoms in total. The molecule has 0 radical (unpaired) electrons. The summed E-state index contributed by atoms with van der Waals surface area (Å²) in [4.78, 5) is 10.8. The minimum atomic E-state index is 0.168. The molecule has 0 fully saturated rings. The Morgan fingerprint density at radius 3 is 2.69 bits per heavy atom. The Bertz CT molecular complexity index is 344. The van der Waals surface area contributed by atoms with Crippen LogP contribution in [0, 0.1) is 0 Å². The average molecular weight is 220 g/mol. The number of rotatable bonds is 6. The Morgan fingerprint density at radius 2 is 2.06 bits per heavy atom. The van der Waals surface area contributed by atoms with Crippen LogP contribution in [0.25, 0.3) is 0 Å². The predicted molar refractivity (Wildman–Crippen MR) is 65.9 cm³/mol. The number of carbonyl (C=O) groups is 1. The van der Waals surface area contributed by atoms with Crippen LogP contribution in [0.4, 0.5) is 0 Å². The van der Waals surface area contributed by atoms with Crippen LogP contribution >= 0.6 is 0 Å². The van der Waals surface area contributed by atoms with Gasteiger partial charge in [0, 0.05) is 6.42 Å². The lowest BCUT2D eigenvalue weighted by molar-refractivity contribution is -0.117. The SMILES string of the molecule is CCC(C)c1ccccc1OCCC(C)=O. The van der Waals surface area contributed by atoms with E-state index in [0.29, 0.717) is 18.9 Å². The van der Waals surface area contributed by atoms with Crippen molar-refractivity contribution in [2.24, 2.45) is 0 Å². The van der Waals surface area contributed by atoms with Crippen molar-refractivity contribution < 1.29 is 9.53 Å². The van der Waals surface area contributed by atoms with E-state index in [9.17, 15) is 4.79 Å². The number of ether oxygens (including phenoxy) is 1.